The number of aromatic nitrogens is 2. The summed E-state index contributed by atoms with van der Waals surface area (Å²) in [7, 11) is 0. The van der Waals surface area contributed by atoms with Crippen molar-refractivity contribution in [3.05, 3.63) is 29.4 Å². The molecule has 1 aromatic heterocycles. The summed E-state index contributed by atoms with van der Waals surface area (Å²) in [6.07, 6.45) is 14.2. The molecule has 1 heterocycles. The number of nitrogens with one attached hydrogen (secondary N) is 3. The Kier molecular flexibility index (Phi) is 10.4. The minimum atomic E-state index is -1.14. The van der Waals surface area contributed by atoms with E-state index in [1.807, 2.05) is 6.92 Å². The largest absolute Gasteiger partial charge is 0.481 e. The van der Waals surface area contributed by atoms with E-state index in [2.05, 4.69) is 62.1 Å². The predicted molar refractivity (Wildman–Crippen MR) is 214 cm³/mol. The second kappa shape index (κ2) is 14.2. The highest BCUT2D eigenvalue weighted by atomic mass is 16.4. The van der Waals surface area contributed by atoms with Crippen molar-refractivity contribution in [2.24, 2.45) is 74.9 Å². The van der Waals surface area contributed by atoms with Gasteiger partial charge in [0.25, 0.3) is 5.91 Å². The Morgan fingerprint density at radius 3 is 2.32 bits per heavy atom. The normalized spacial score (nSPS) is 38.8. The molecule has 5 fully saturated rings. The topological polar surface area (TPSA) is 158 Å². The van der Waals surface area contributed by atoms with Crippen molar-refractivity contribution < 1.29 is 29.1 Å². The van der Waals surface area contributed by atoms with Gasteiger partial charge in [0.1, 0.15) is 11.3 Å². The van der Waals surface area contributed by atoms with E-state index in [0.717, 1.165) is 50.5 Å². The number of hydrogen-bond acceptors (Lipinski definition) is 6. The number of nitrogens with zero attached hydrogens (tertiary/aromatic N) is 1. The summed E-state index contributed by atoms with van der Waals surface area (Å²) < 4.78 is 0. The quantitative estimate of drug-likeness (QED) is 0.178. The zero-order chi connectivity index (χ0) is 40.7. The first kappa shape index (κ1) is 40.9. The highest BCUT2D eigenvalue weighted by molar-refractivity contribution is 6.00. The summed E-state index contributed by atoms with van der Waals surface area (Å²) in [5.74, 6) is 1.17. The van der Waals surface area contributed by atoms with Crippen LogP contribution < -0.4 is 10.6 Å². The Balaban J connectivity index is 1.06. The number of aliphatic carboxylic acids is 1. The number of carbonyl (C=O) groups is 5. The first-order valence-corrected chi connectivity index (χ1v) is 21.8. The van der Waals surface area contributed by atoms with E-state index in [0.29, 0.717) is 67.6 Å². The Bertz CT molecular complexity index is 1790. The molecule has 10 nitrogen and oxygen atoms in total. The van der Waals surface area contributed by atoms with E-state index >= 15 is 0 Å². The number of hydrogen-bond donors (Lipinski definition) is 4. The number of aromatic amines is 1. The van der Waals surface area contributed by atoms with Crippen molar-refractivity contribution in [3.63, 3.8) is 0 Å². The molecule has 5 saturated carbocycles. The fourth-order valence-corrected chi connectivity index (χ4v) is 14.5. The van der Waals surface area contributed by atoms with Crippen molar-refractivity contribution in [2.45, 2.75) is 145 Å². The second-order valence-electron chi connectivity index (χ2n) is 21.2. The highest BCUT2D eigenvalue weighted by Crippen LogP contribution is 2.74. The van der Waals surface area contributed by atoms with Crippen LogP contribution in [-0.2, 0) is 19.2 Å². The fraction of sp³-hybridized carbons (Fsp3) is 0.783. The maximum Gasteiger partial charge on any atom is 0.306 e. The Morgan fingerprint density at radius 1 is 0.964 bits per heavy atom. The highest BCUT2D eigenvalue weighted by Gasteiger charge is 2.66. The Hall–Kier alpha value is -3.30. The summed E-state index contributed by atoms with van der Waals surface area (Å²) in [6.45, 7) is 20.2. The third kappa shape index (κ3) is 6.42. The molecule has 56 heavy (non-hydrogen) atoms. The van der Waals surface area contributed by atoms with E-state index in [9.17, 15) is 29.1 Å². The average molecular weight is 773 g/mol. The van der Waals surface area contributed by atoms with Crippen LogP contribution in [0.2, 0.25) is 0 Å². The Labute approximate surface area is 334 Å². The summed E-state index contributed by atoms with van der Waals surface area (Å²) >= 11 is 0. The monoisotopic (exact) mass is 773 g/mol. The SMILES string of the molecule is CC(C)C1=C2C3CCC4C(C)(CCC5C(C)(C)C(CC(=O)C6CC(C(=O)O)C6C)CCC54C)C3CCC2(CCNC(=O)C(C)(C)NC(=O)c2ncc[nH]2)CC1=O. The summed E-state index contributed by atoms with van der Waals surface area (Å²) in [4.78, 5) is 72.2. The molecule has 11 atom stereocenters. The molecule has 0 spiro atoms. The molecule has 0 bridgehead atoms. The molecule has 308 valence electrons. The van der Waals surface area contributed by atoms with Gasteiger partial charge in [0.2, 0.25) is 5.91 Å². The van der Waals surface area contributed by atoms with Crippen molar-refractivity contribution in [3.8, 4) is 0 Å². The number of Topliss-reactive ketones (excluding diaryl/α,β-unsaturated/α-hetero) is 2. The maximum absolute atomic E-state index is 14.0. The molecule has 6 aliphatic rings. The van der Waals surface area contributed by atoms with Gasteiger partial charge < -0.3 is 20.7 Å². The lowest BCUT2D eigenvalue weighted by Crippen LogP contribution is -2.62. The van der Waals surface area contributed by atoms with Gasteiger partial charge in [-0.1, -0.05) is 54.0 Å². The van der Waals surface area contributed by atoms with E-state index < -0.39 is 17.4 Å². The number of imidazole rings is 1. The predicted octanol–water partition coefficient (Wildman–Crippen LogP) is 7.95. The molecule has 6 aliphatic carbocycles. The zero-order valence-electron chi connectivity index (χ0n) is 35.5. The zero-order valence-corrected chi connectivity index (χ0v) is 35.5. The van der Waals surface area contributed by atoms with Crippen LogP contribution in [0.1, 0.15) is 150 Å². The van der Waals surface area contributed by atoms with Crippen LogP contribution in [0.25, 0.3) is 0 Å². The van der Waals surface area contributed by atoms with Crippen LogP contribution in [-0.4, -0.2) is 56.5 Å². The van der Waals surface area contributed by atoms with Gasteiger partial charge in [-0.2, -0.15) is 0 Å². The number of carboxylic acids is 1. The minimum Gasteiger partial charge on any atom is -0.481 e. The summed E-state index contributed by atoms with van der Waals surface area (Å²) in [5, 5.41) is 15.5. The summed E-state index contributed by atoms with van der Waals surface area (Å²) in [6, 6.07) is 0. The van der Waals surface area contributed by atoms with E-state index in [-0.39, 0.29) is 62.8 Å². The van der Waals surface area contributed by atoms with Crippen molar-refractivity contribution in [1.82, 2.24) is 20.6 Å². The number of fused-ring (bicyclic) bond motifs is 7. The first-order valence-electron chi connectivity index (χ1n) is 21.8. The van der Waals surface area contributed by atoms with Gasteiger partial charge in [-0.05, 0) is 141 Å². The van der Waals surface area contributed by atoms with E-state index in [4.69, 9.17) is 0 Å². The molecule has 4 N–H and O–H groups in total. The maximum atomic E-state index is 14.0. The minimum absolute atomic E-state index is 0.0214. The third-order valence-corrected chi connectivity index (χ3v) is 17.5. The van der Waals surface area contributed by atoms with Gasteiger partial charge in [-0.15, -0.1) is 0 Å². The number of carboxylic acid groups (broad SMARTS) is 1. The molecule has 7 rings (SSSR count). The van der Waals surface area contributed by atoms with E-state index in [1.54, 1.807) is 20.0 Å². The van der Waals surface area contributed by atoms with Gasteiger partial charge in [-0.3, -0.25) is 24.0 Å². The lowest BCUT2D eigenvalue weighted by Gasteiger charge is -2.69. The van der Waals surface area contributed by atoms with Crippen molar-refractivity contribution in [1.29, 1.82) is 0 Å². The fourth-order valence-electron chi connectivity index (χ4n) is 14.5. The van der Waals surface area contributed by atoms with Crippen LogP contribution in [0.4, 0.5) is 0 Å². The van der Waals surface area contributed by atoms with Gasteiger partial charge in [0.15, 0.2) is 11.6 Å². The standard InChI is InChI=1S/C46H68N4O6/c1-25(2)36-33(52)24-46(18-19-49-41(56)43(6,7)50-39(53)38-47-20-21-48-38)17-13-31-28(37(36)46)10-11-35-44(31,8)16-14-34-42(4,5)27(12-15-45(34,35)9)22-32(51)29-23-30(26(29)3)40(54)55/h20-21,25-31,34-35H,10-19,22-24H2,1-9H3,(H,47,48)(H,49,56)(H,50,53)(H,54,55). The first-order chi connectivity index (χ1) is 26.2. The lowest BCUT2D eigenvalue weighted by atomic mass is 9.35. The lowest BCUT2D eigenvalue weighted by molar-refractivity contribution is -0.193. The van der Waals surface area contributed by atoms with Gasteiger partial charge in [0.05, 0.1) is 5.92 Å². The average Bonchev–Trinajstić information content (AvgIpc) is 3.75. The molecular formula is C46H68N4O6. The van der Waals surface area contributed by atoms with E-state index in [1.165, 1.54) is 18.2 Å². The number of rotatable bonds is 11. The van der Waals surface area contributed by atoms with Crippen LogP contribution >= 0.6 is 0 Å². The van der Waals surface area contributed by atoms with Crippen LogP contribution in [0, 0.1) is 74.9 Å². The third-order valence-electron chi connectivity index (χ3n) is 17.5. The molecule has 0 radical (unpaired) electrons. The molecule has 2 amide bonds. The van der Waals surface area contributed by atoms with Crippen LogP contribution in [0.5, 0.6) is 0 Å². The number of carbonyl (C=O) groups excluding carboxylic acids is 4. The van der Waals surface area contributed by atoms with Crippen molar-refractivity contribution in [2.75, 3.05) is 6.54 Å². The molecule has 11 unspecified atom stereocenters. The molecule has 0 aromatic carbocycles. The molecule has 0 saturated heterocycles. The van der Waals surface area contributed by atoms with Gasteiger partial charge in [-0.25, -0.2) is 4.98 Å². The van der Waals surface area contributed by atoms with Crippen LogP contribution in [0.15, 0.2) is 23.5 Å². The second-order valence-corrected chi connectivity index (χ2v) is 21.2. The molecule has 1 aromatic rings. The molecule has 0 aliphatic heterocycles. The van der Waals surface area contributed by atoms with Crippen LogP contribution in [0.3, 0.4) is 0 Å². The van der Waals surface area contributed by atoms with Gasteiger partial charge in [0, 0.05) is 43.1 Å². The Morgan fingerprint density at radius 2 is 1.68 bits per heavy atom. The number of ketones is 2. The number of allylic oxidation sites excluding steroid dienone is 2. The van der Waals surface area contributed by atoms with Crippen molar-refractivity contribution >= 4 is 29.4 Å². The number of amides is 2. The van der Waals surface area contributed by atoms with Gasteiger partial charge >= 0.3 is 5.97 Å². The molecule has 10 heteroatoms. The molecular weight excluding hydrogens is 705 g/mol. The summed E-state index contributed by atoms with van der Waals surface area (Å²) in [5.41, 5.74) is 1.45. The number of H-pyrrole nitrogens is 1. The smallest absolute Gasteiger partial charge is 0.306 e.